The normalized spacial score (nSPS) is 16.4. The van der Waals surface area contributed by atoms with Crippen molar-refractivity contribution in [2.24, 2.45) is 11.7 Å². The number of hydrogen-bond acceptors (Lipinski definition) is 13. The molecule has 0 aliphatic carbocycles. The molecule has 0 saturated carbocycles. The third-order valence-corrected chi connectivity index (χ3v) is 23.8. The largest absolute Gasteiger partial charge is 0.450 e. The number of halogens is 2. The molecule has 8 aromatic rings. The number of allylic oxidation sites excluding steroid dienone is 4. The van der Waals surface area contributed by atoms with Gasteiger partial charge in [0.2, 0.25) is 35.4 Å². The molecule has 20 nitrogen and oxygen atoms in total. The second-order valence-corrected chi connectivity index (χ2v) is 37.6. The van der Waals surface area contributed by atoms with Crippen LogP contribution in [0.2, 0.25) is 35.7 Å². The van der Waals surface area contributed by atoms with Gasteiger partial charge in [0.05, 0.1) is 6.61 Å². The molecule has 2 aliphatic heterocycles. The first-order chi connectivity index (χ1) is 55.2. The number of anilines is 1. The first-order valence-electron chi connectivity index (χ1n) is 39.2. The maximum atomic E-state index is 16.8. The van der Waals surface area contributed by atoms with Crippen molar-refractivity contribution in [3.8, 4) is 0 Å². The number of nitrogens with two attached hydrogens (primary N) is 1. The number of alkyl carbamates (subject to hydrolysis) is 1. The topological polar surface area (TPSA) is 283 Å². The quantitative estimate of drug-likeness (QED) is 0.00628. The van der Waals surface area contributed by atoms with Crippen LogP contribution in [0.25, 0.3) is 0 Å². The summed E-state index contributed by atoms with van der Waals surface area (Å²) < 4.78 is 19.2. The third kappa shape index (κ3) is 21.5. The van der Waals surface area contributed by atoms with Crippen LogP contribution in [0.4, 0.5) is 10.5 Å². The van der Waals surface area contributed by atoms with E-state index in [2.05, 4.69) is 63.7 Å². The van der Waals surface area contributed by atoms with E-state index in [0.717, 1.165) is 23.1 Å². The van der Waals surface area contributed by atoms with Crippen molar-refractivity contribution < 1.29 is 57.4 Å². The van der Waals surface area contributed by atoms with Crippen LogP contribution in [0.3, 0.4) is 0 Å². The summed E-state index contributed by atoms with van der Waals surface area (Å²) in [6.45, 7) is 15.8. The number of nitrogens with one attached hydrogen (secondary N) is 6. The van der Waals surface area contributed by atoms with Gasteiger partial charge in [0, 0.05) is 81.9 Å². The predicted octanol–water partition coefficient (Wildman–Crippen LogP) is 15.1. The Labute approximate surface area is 685 Å². The number of carbonyl (C=O) groups is 9. The lowest BCUT2D eigenvalue weighted by Gasteiger charge is -2.37. The van der Waals surface area contributed by atoms with Crippen LogP contribution in [0, 0.1) is 5.92 Å². The maximum absolute atomic E-state index is 16.8. The molecule has 7 amide bonds. The number of rotatable bonds is 37. The lowest BCUT2D eigenvalue weighted by molar-refractivity contribution is -0.158. The number of primary amides is 1. The number of benzene rings is 8. The lowest BCUT2D eigenvalue weighted by Crippen LogP contribution is -2.62. The first kappa shape index (κ1) is 86.3. The summed E-state index contributed by atoms with van der Waals surface area (Å²) in [4.78, 5) is 137. The van der Waals surface area contributed by atoms with E-state index in [4.69, 9.17) is 43.1 Å². The molecule has 115 heavy (non-hydrogen) atoms. The predicted molar refractivity (Wildman–Crippen MR) is 451 cm³/mol. The second-order valence-electron chi connectivity index (χ2n) is 31.1. The number of hydrogen-bond donors (Lipinski definition) is 7. The average Bonchev–Trinajstić information content (AvgIpc) is 1.70. The van der Waals surface area contributed by atoms with Gasteiger partial charge in [-0.25, -0.2) is 9.59 Å². The molecule has 2 heterocycles. The molecule has 8 aromatic carbocycles. The van der Waals surface area contributed by atoms with E-state index < -0.39 is 153 Å². The minimum Gasteiger partial charge on any atom is -0.450 e. The zero-order chi connectivity index (χ0) is 82.5. The van der Waals surface area contributed by atoms with Gasteiger partial charge in [-0.05, 0) is 101 Å². The number of para-hydroxylation sites is 1. The molecule has 2 aliphatic rings. The van der Waals surface area contributed by atoms with Crippen LogP contribution in [-0.2, 0) is 75.6 Å². The van der Waals surface area contributed by atoms with Gasteiger partial charge in [-0.1, -0.05) is 293 Å². The van der Waals surface area contributed by atoms with E-state index in [9.17, 15) is 14.4 Å². The van der Waals surface area contributed by atoms with Crippen molar-refractivity contribution in [2.45, 2.75) is 178 Å². The molecule has 8 atom stereocenters. The Balaban J connectivity index is 1.08. The van der Waals surface area contributed by atoms with Gasteiger partial charge in [0.25, 0.3) is 0 Å². The SMILES string of the molecule is CC[C@H](C)[C@H](NC(=O)CNC(=O)OCC[Si](C)(C)C)C(=O)N[C@@H](Cc1ccccc1)C(=O)N1[C@H]2Nc3ccccc3[C@@]2(C/C=C(\C)CCC=C(C)C)C[C@H]1C(=O)N[C@@H](CCC(=O)OC(c1ccccc1)(c1ccccc1)c1ccccc1Cl)C(=O)N[C@@H](CCC(N)=O)C(=O)OC(c1ccccc1)(c1ccccc1)c1ccccc1Cl. The van der Waals surface area contributed by atoms with Gasteiger partial charge in [0.15, 0.2) is 11.2 Å². The fourth-order valence-corrected chi connectivity index (χ4v) is 16.4. The Morgan fingerprint density at radius 2 is 1.10 bits per heavy atom. The van der Waals surface area contributed by atoms with E-state index in [0.29, 0.717) is 69.9 Å². The van der Waals surface area contributed by atoms with Crippen LogP contribution in [0.5, 0.6) is 0 Å². The monoisotopic (exact) mass is 1610 g/mol. The molecule has 8 N–H and O–H groups in total. The molecule has 1 fully saturated rings. The van der Waals surface area contributed by atoms with E-state index in [1.54, 1.807) is 165 Å². The van der Waals surface area contributed by atoms with E-state index in [-0.39, 0.29) is 29.5 Å². The average molecular weight is 1610 g/mol. The summed E-state index contributed by atoms with van der Waals surface area (Å²) in [6.07, 6.45) is 2.51. The van der Waals surface area contributed by atoms with Crippen LogP contribution >= 0.6 is 23.2 Å². The molecule has 10 rings (SSSR count). The summed E-state index contributed by atoms with van der Waals surface area (Å²) in [5.41, 5.74) is 8.39. The summed E-state index contributed by atoms with van der Waals surface area (Å²) in [7, 11) is -1.56. The number of esters is 2. The lowest BCUT2D eigenvalue weighted by atomic mass is 9.74. The molecule has 0 unspecified atom stereocenters. The number of amides is 7. The Kier molecular flexibility index (Phi) is 29.8. The zero-order valence-electron chi connectivity index (χ0n) is 66.4. The summed E-state index contributed by atoms with van der Waals surface area (Å²) in [5.74, 6) is -7.21. The van der Waals surface area contributed by atoms with Gasteiger partial charge in [-0.15, -0.1) is 0 Å². The van der Waals surface area contributed by atoms with Crippen LogP contribution in [-0.4, -0.2) is 116 Å². The van der Waals surface area contributed by atoms with Crippen LogP contribution in [0.15, 0.2) is 248 Å². The minimum absolute atomic E-state index is 0.0658. The number of likely N-dealkylation sites (tertiary alicyclic amines) is 1. The van der Waals surface area contributed by atoms with Gasteiger partial charge >= 0.3 is 18.0 Å². The van der Waals surface area contributed by atoms with Gasteiger partial charge in [-0.2, -0.15) is 0 Å². The van der Waals surface area contributed by atoms with Crippen molar-refractivity contribution in [2.75, 3.05) is 18.5 Å². The Morgan fingerprint density at radius 3 is 1.63 bits per heavy atom. The Morgan fingerprint density at radius 1 is 0.600 bits per heavy atom. The molecular weight excluding hydrogens is 1510 g/mol. The Bertz CT molecular complexity index is 4700. The number of fused-ring (bicyclic) bond motifs is 3. The van der Waals surface area contributed by atoms with Crippen LogP contribution < -0.4 is 37.6 Å². The zero-order valence-corrected chi connectivity index (χ0v) is 68.9. The molecule has 0 radical (unpaired) electrons. The Hall–Kier alpha value is -11.1. The van der Waals surface area contributed by atoms with E-state index in [1.165, 1.54) is 4.90 Å². The maximum Gasteiger partial charge on any atom is 0.407 e. The van der Waals surface area contributed by atoms with Gasteiger partial charge in [-0.3, -0.25) is 33.6 Å². The molecule has 23 heteroatoms. The summed E-state index contributed by atoms with van der Waals surface area (Å²) in [5, 5.41) is 18.4. The van der Waals surface area contributed by atoms with Gasteiger partial charge in [0.1, 0.15) is 42.9 Å². The summed E-state index contributed by atoms with van der Waals surface area (Å²) >= 11 is 14.3. The van der Waals surface area contributed by atoms with E-state index >= 15 is 28.8 Å². The highest BCUT2D eigenvalue weighted by molar-refractivity contribution is 6.76. The first-order valence-corrected chi connectivity index (χ1v) is 43.7. The smallest absolute Gasteiger partial charge is 0.407 e. The van der Waals surface area contributed by atoms with Crippen LogP contribution in [0.1, 0.15) is 137 Å². The third-order valence-electron chi connectivity index (χ3n) is 21.4. The van der Waals surface area contributed by atoms with Crippen molar-refractivity contribution in [1.82, 2.24) is 31.5 Å². The van der Waals surface area contributed by atoms with Crippen molar-refractivity contribution >= 4 is 90.4 Å². The fourth-order valence-electron chi connectivity index (χ4n) is 15.1. The number of nitrogens with zero attached hydrogens (tertiary/aromatic N) is 1. The molecule has 0 aromatic heterocycles. The minimum atomic E-state index is -1.81. The molecule has 602 valence electrons. The molecular formula is C92H104Cl2N8O12Si. The van der Waals surface area contributed by atoms with Gasteiger partial charge < -0.3 is 56.7 Å². The highest BCUT2D eigenvalue weighted by atomic mass is 35.5. The highest BCUT2D eigenvalue weighted by Gasteiger charge is 2.61. The van der Waals surface area contributed by atoms with E-state index in [1.807, 2.05) is 94.4 Å². The second kappa shape index (κ2) is 39.8. The molecule has 0 spiro atoms. The van der Waals surface area contributed by atoms with Crippen molar-refractivity contribution in [3.63, 3.8) is 0 Å². The highest BCUT2D eigenvalue weighted by Crippen LogP contribution is 2.54. The van der Waals surface area contributed by atoms with Crippen molar-refractivity contribution in [1.29, 1.82) is 0 Å². The number of carbonyl (C=O) groups excluding carboxylic acids is 9. The molecule has 0 bridgehead atoms. The number of ether oxygens (including phenoxy) is 3. The van der Waals surface area contributed by atoms with Crippen molar-refractivity contribution in [3.05, 3.63) is 302 Å². The fraction of sp³-hybridized carbons (Fsp3) is 0.337. The molecule has 1 saturated heterocycles. The standard InChI is InChI=1S/C92H104Cl2N8O12Si/c1-9-63(5)82(101-80(104)60-96-89(111)112-56-57-115(6,7)8)85(108)99-77(58-64-34-15-10-16-35-64)86(109)102-78(59-90(55-54-62(4)33-31-32-61(2)3)71-46-27-30-49-74(71)100-88(90)102)84(107)97-75(51-53-81(105)113-91(65-36-17-11-18-37-65,66-38-19-12-20-39-66)69-44-25-28-47-72(69)93)83(106)98-76(50-52-79(95)103)87(110)114-92(67-40-21-13-22-41-67,68-42-23-14-24-43-68)70-45-26-29-48-73(70)94/h10-30,32,34-49,54,63,75-78,82,88,100H,9,31,33,50-53,55-60H2,1-8H3,(H2,95,103)(H,96,111)(H,97,107)(H,98,106)(H,99,108)(H,101,104)/b62-54+/t63-,75-,76-,77-,78-,82-,88+,90+/m0/s1. The summed E-state index contributed by atoms with van der Waals surface area (Å²) in [6, 6.07) is 59.4.